The molecular formula is C28H32N3O10P. The largest absolute Gasteiger partial charge is 0.460 e. The number of aromatic nitrogens is 2. The molecule has 1 spiro atoms. The monoisotopic (exact) mass is 601 g/mol. The number of carbonyl (C=O) groups excluding carboxylic acids is 1. The Hall–Kier alpha value is -3.58. The lowest BCUT2D eigenvalue weighted by Crippen LogP contribution is -2.57. The predicted octanol–water partition coefficient (Wildman–Crippen LogP) is 2.27. The van der Waals surface area contributed by atoms with Gasteiger partial charge in [0, 0.05) is 18.7 Å². The van der Waals surface area contributed by atoms with Crippen LogP contribution in [0.5, 0.6) is 5.75 Å². The molecule has 2 aliphatic rings. The van der Waals surface area contributed by atoms with Crippen LogP contribution in [0.25, 0.3) is 0 Å². The number of benzene rings is 2. The minimum Gasteiger partial charge on any atom is -0.460 e. The van der Waals surface area contributed by atoms with Crippen LogP contribution in [0.3, 0.4) is 0 Å². The van der Waals surface area contributed by atoms with Crippen LogP contribution in [0.4, 0.5) is 0 Å². The summed E-state index contributed by atoms with van der Waals surface area (Å²) in [5.41, 5.74) is -1.82. The number of hydrogen-bond donors (Lipinski definition) is 3. The summed E-state index contributed by atoms with van der Waals surface area (Å²) >= 11 is 0. The van der Waals surface area contributed by atoms with E-state index in [2.05, 4.69) is 10.1 Å². The maximum absolute atomic E-state index is 14.1. The van der Waals surface area contributed by atoms with Gasteiger partial charge in [-0.3, -0.25) is 23.7 Å². The first-order valence-electron chi connectivity index (χ1n) is 13.5. The standard InChI is InChI=1S/C28H32N3O10P/c1-2-21(25(34)37-17-19-9-5-3-6-10-19)30-42(36,41-20-11-7-4-8-12-20)39-18-22-24(33)28(14-16-38-28)26(40-22)31-15-13-23(32)29-27(31)35/h3-13,15,21-22,24,26,33H,2,14,16-18H2,1H3,(H,30,36)(H,29,32,35)/t21-,22+,24+,26+,28+,42-/m0/s1. The fraction of sp³-hybridized carbons (Fsp3) is 0.393. The van der Waals surface area contributed by atoms with Gasteiger partial charge in [-0.2, -0.15) is 5.09 Å². The number of rotatable bonds is 12. The van der Waals surface area contributed by atoms with Gasteiger partial charge in [0.1, 0.15) is 36.2 Å². The summed E-state index contributed by atoms with van der Waals surface area (Å²) in [7, 11) is -4.28. The van der Waals surface area contributed by atoms with Crippen LogP contribution in [0, 0.1) is 0 Å². The van der Waals surface area contributed by atoms with E-state index in [-0.39, 0.29) is 18.8 Å². The number of carbonyl (C=O) groups is 1. The lowest BCUT2D eigenvalue weighted by Gasteiger charge is -2.44. The highest BCUT2D eigenvalue weighted by Crippen LogP contribution is 2.50. The molecule has 5 rings (SSSR count). The van der Waals surface area contributed by atoms with E-state index in [9.17, 15) is 24.1 Å². The molecule has 0 radical (unpaired) electrons. The summed E-state index contributed by atoms with van der Waals surface area (Å²) < 4.78 is 43.8. The molecule has 0 bridgehead atoms. The van der Waals surface area contributed by atoms with E-state index in [1.165, 1.54) is 6.20 Å². The number of para-hydroxylation sites is 1. The summed E-state index contributed by atoms with van der Waals surface area (Å²) in [4.78, 5) is 39.1. The molecule has 0 amide bonds. The van der Waals surface area contributed by atoms with Crippen molar-refractivity contribution in [2.75, 3.05) is 13.2 Å². The van der Waals surface area contributed by atoms with Crippen molar-refractivity contribution in [2.45, 2.75) is 56.5 Å². The molecule has 2 saturated heterocycles. The van der Waals surface area contributed by atoms with E-state index >= 15 is 0 Å². The lowest BCUT2D eigenvalue weighted by molar-refractivity contribution is -0.227. The number of hydrogen-bond acceptors (Lipinski definition) is 10. The molecule has 13 nitrogen and oxygen atoms in total. The summed E-state index contributed by atoms with van der Waals surface area (Å²) in [6, 6.07) is 17.5. The van der Waals surface area contributed by atoms with Crippen molar-refractivity contribution in [1.82, 2.24) is 14.6 Å². The van der Waals surface area contributed by atoms with Crippen LogP contribution in [0.1, 0.15) is 31.6 Å². The Morgan fingerprint density at radius 2 is 1.86 bits per heavy atom. The third-order valence-corrected chi connectivity index (χ3v) is 8.72. The van der Waals surface area contributed by atoms with Crippen LogP contribution < -0.4 is 20.9 Å². The molecule has 42 heavy (non-hydrogen) atoms. The second kappa shape index (κ2) is 12.7. The molecule has 2 fully saturated rings. The van der Waals surface area contributed by atoms with Crippen LogP contribution in [-0.2, 0) is 34.7 Å². The average Bonchev–Trinajstić information content (AvgIpc) is 3.27. The molecule has 1 aromatic heterocycles. The summed E-state index contributed by atoms with van der Waals surface area (Å²) in [5.74, 6) is -0.441. The predicted molar refractivity (Wildman–Crippen MR) is 149 cm³/mol. The maximum Gasteiger partial charge on any atom is 0.459 e. The van der Waals surface area contributed by atoms with E-state index < -0.39 is 61.7 Å². The van der Waals surface area contributed by atoms with Crippen molar-refractivity contribution in [2.24, 2.45) is 0 Å². The van der Waals surface area contributed by atoms with Crippen molar-refractivity contribution in [3.05, 3.63) is 99.3 Å². The first kappa shape index (κ1) is 29.9. The SMILES string of the molecule is CC[C@H](N[P@](=O)(OC[C@H]1O[C@@H](n2ccc(=O)[nH]c2=O)[C@@]2(CCO2)[C@@H]1O)Oc1ccccc1)C(=O)OCc1ccccc1. The molecule has 3 heterocycles. The number of ether oxygens (including phenoxy) is 3. The van der Waals surface area contributed by atoms with Crippen molar-refractivity contribution in [1.29, 1.82) is 0 Å². The molecule has 0 saturated carbocycles. The van der Waals surface area contributed by atoms with E-state index in [0.717, 1.165) is 16.2 Å². The quantitative estimate of drug-likeness (QED) is 0.206. The number of H-pyrrole nitrogens is 1. The zero-order chi connectivity index (χ0) is 29.7. The topological polar surface area (TPSA) is 167 Å². The van der Waals surface area contributed by atoms with Crippen LogP contribution in [0.15, 0.2) is 82.5 Å². The molecule has 0 unspecified atom stereocenters. The maximum atomic E-state index is 14.1. The Kier molecular flexibility index (Phi) is 9.07. The summed E-state index contributed by atoms with van der Waals surface area (Å²) in [6.07, 6.45) is -1.65. The third kappa shape index (κ3) is 6.41. The molecule has 0 aliphatic carbocycles. The van der Waals surface area contributed by atoms with Crippen molar-refractivity contribution < 1.29 is 37.7 Å². The number of nitrogens with zero attached hydrogens (tertiary/aromatic N) is 1. The van der Waals surface area contributed by atoms with Crippen LogP contribution in [-0.4, -0.2) is 57.7 Å². The van der Waals surface area contributed by atoms with Crippen molar-refractivity contribution in [3.8, 4) is 5.75 Å². The Labute approximate surface area is 240 Å². The van der Waals surface area contributed by atoms with E-state index in [1.54, 1.807) is 37.3 Å². The van der Waals surface area contributed by atoms with E-state index in [0.29, 0.717) is 13.0 Å². The Bertz CT molecular complexity index is 1530. The Balaban J connectivity index is 1.32. The first-order valence-corrected chi connectivity index (χ1v) is 15.0. The van der Waals surface area contributed by atoms with Gasteiger partial charge in [-0.25, -0.2) is 9.36 Å². The molecule has 14 heteroatoms. The van der Waals surface area contributed by atoms with Gasteiger partial charge in [-0.15, -0.1) is 0 Å². The van der Waals surface area contributed by atoms with E-state index in [4.69, 9.17) is 23.3 Å². The highest BCUT2D eigenvalue weighted by molar-refractivity contribution is 7.52. The third-order valence-electron chi connectivity index (χ3n) is 7.15. The van der Waals surface area contributed by atoms with Crippen molar-refractivity contribution in [3.63, 3.8) is 0 Å². The second-order valence-electron chi connectivity index (χ2n) is 9.92. The average molecular weight is 602 g/mol. The van der Waals surface area contributed by atoms with Crippen molar-refractivity contribution >= 4 is 13.7 Å². The molecule has 2 aliphatic heterocycles. The number of nitrogens with one attached hydrogen (secondary N) is 2. The number of aliphatic hydroxyl groups excluding tert-OH is 1. The summed E-state index contributed by atoms with van der Waals surface area (Å²) in [6.45, 7) is 1.61. The fourth-order valence-corrected chi connectivity index (χ4v) is 6.43. The van der Waals surface area contributed by atoms with Crippen LogP contribution in [0.2, 0.25) is 0 Å². The zero-order valence-electron chi connectivity index (χ0n) is 22.8. The Morgan fingerprint density at radius 1 is 1.17 bits per heavy atom. The Morgan fingerprint density at radius 3 is 2.48 bits per heavy atom. The van der Waals surface area contributed by atoms with Gasteiger partial charge in [0.25, 0.3) is 5.56 Å². The molecule has 6 atom stereocenters. The first-order chi connectivity index (χ1) is 20.2. The highest BCUT2D eigenvalue weighted by atomic mass is 31.2. The van der Waals surface area contributed by atoms with Gasteiger partial charge in [-0.05, 0) is 24.1 Å². The molecule has 224 valence electrons. The van der Waals surface area contributed by atoms with Gasteiger partial charge < -0.3 is 23.8 Å². The second-order valence-corrected chi connectivity index (χ2v) is 11.6. The number of esters is 1. The van der Waals surface area contributed by atoms with Gasteiger partial charge in [0.05, 0.1) is 13.2 Å². The van der Waals surface area contributed by atoms with Crippen LogP contribution >= 0.6 is 7.75 Å². The zero-order valence-corrected chi connectivity index (χ0v) is 23.7. The molecular weight excluding hydrogens is 569 g/mol. The highest BCUT2D eigenvalue weighted by Gasteiger charge is 2.62. The van der Waals surface area contributed by atoms with Gasteiger partial charge in [-0.1, -0.05) is 55.5 Å². The summed E-state index contributed by atoms with van der Waals surface area (Å²) in [5, 5.41) is 13.9. The van der Waals surface area contributed by atoms with Gasteiger partial charge in [0.2, 0.25) is 0 Å². The fourth-order valence-electron chi connectivity index (χ4n) is 4.84. The normalized spacial score (nSPS) is 25.3. The smallest absolute Gasteiger partial charge is 0.459 e. The molecule has 3 aromatic rings. The molecule has 3 N–H and O–H groups in total. The number of aliphatic hydroxyl groups is 1. The van der Waals surface area contributed by atoms with Gasteiger partial charge in [0.15, 0.2) is 6.23 Å². The number of aromatic amines is 1. The van der Waals surface area contributed by atoms with E-state index in [1.807, 2.05) is 30.3 Å². The minimum atomic E-state index is -4.28. The van der Waals surface area contributed by atoms with Gasteiger partial charge >= 0.3 is 19.4 Å². The molecule has 2 aromatic carbocycles. The minimum absolute atomic E-state index is 0.0260. The lowest BCUT2D eigenvalue weighted by atomic mass is 9.86.